The van der Waals surface area contributed by atoms with Crippen molar-refractivity contribution in [1.82, 2.24) is 10.3 Å². The Morgan fingerprint density at radius 1 is 1.42 bits per heavy atom. The number of hydrogen-bond acceptors (Lipinski definition) is 3. The summed E-state index contributed by atoms with van der Waals surface area (Å²) in [5, 5.41) is 3.48. The lowest BCUT2D eigenvalue weighted by molar-refractivity contribution is 0.291. The minimum atomic E-state index is 0.407. The molecule has 0 spiro atoms. The summed E-state index contributed by atoms with van der Waals surface area (Å²) >= 11 is 0. The smallest absolute Gasteiger partial charge is 0.133 e. The summed E-state index contributed by atoms with van der Waals surface area (Å²) in [6.45, 7) is 11.2. The van der Waals surface area contributed by atoms with Gasteiger partial charge in [-0.3, -0.25) is 0 Å². The maximum absolute atomic E-state index is 4.63. The molecule has 1 fully saturated rings. The molecule has 0 unspecified atom stereocenters. The van der Waals surface area contributed by atoms with Gasteiger partial charge < -0.3 is 10.2 Å². The summed E-state index contributed by atoms with van der Waals surface area (Å²) in [5.74, 6) is 1.18. The van der Waals surface area contributed by atoms with Crippen molar-refractivity contribution in [2.45, 2.75) is 46.6 Å². The third-order valence-electron chi connectivity index (χ3n) is 3.81. The zero-order valence-electron chi connectivity index (χ0n) is 12.6. The highest BCUT2D eigenvalue weighted by molar-refractivity contribution is 5.47. The van der Waals surface area contributed by atoms with Crippen molar-refractivity contribution in [3.8, 4) is 0 Å². The zero-order valence-corrected chi connectivity index (χ0v) is 12.6. The van der Waals surface area contributed by atoms with Gasteiger partial charge in [-0.1, -0.05) is 26.8 Å². The van der Waals surface area contributed by atoms with Gasteiger partial charge in [0.1, 0.15) is 5.82 Å². The van der Waals surface area contributed by atoms with E-state index in [1.807, 2.05) is 12.3 Å². The van der Waals surface area contributed by atoms with Gasteiger partial charge in [0.15, 0.2) is 0 Å². The van der Waals surface area contributed by atoms with E-state index in [2.05, 4.69) is 42.0 Å². The Morgan fingerprint density at radius 3 is 3.00 bits per heavy atom. The van der Waals surface area contributed by atoms with Gasteiger partial charge in [-0.15, -0.1) is 0 Å². The molecule has 1 aliphatic rings. The first-order valence-electron chi connectivity index (χ1n) is 7.52. The van der Waals surface area contributed by atoms with Crippen LogP contribution in [-0.4, -0.2) is 24.6 Å². The van der Waals surface area contributed by atoms with Crippen molar-refractivity contribution in [2.24, 2.45) is 5.41 Å². The predicted octanol–water partition coefficient (Wildman–Crippen LogP) is 3.21. The van der Waals surface area contributed by atoms with Gasteiger partial charge in [-0.25, -0.2) is 4.98 Å². The Balaban J connectivity index is 2.10. The summed E-state index contributed by atoms with van der Waals surface area (Å²) in [4.78, 5) is 7.10. The molecule has 1 aromatic heterocycles. The van der Waals surface area contributed by atoms with E-state index in [0.717, 1.165) is 26.2 Å². The molecular formula is C16H27N3. The highest BCUT2D eigenvalue weighted by Crippen LogP contribution is 2.31. The van der Waals surface area contributed by atoms with Crippen molar-refractivity contribution in [3.63, 3.8) is 0 Å². The molecule has 1 aromatic rings. The Kier molecular flexibility index (Phi) is 4.81. The molecule has 3 heteroatoms. The van der Waals surface area contributed by atoms with Crippen LogP contribution in [0, 0.1) is 5.41 Å². The second-order valence-electron chi connectivity index (χ2n) is 6.35. The second kappa shape index (κ2) is 6.38. The van der Waals surface area contributed by atoms with Crippen molar-refractivity contribution in [2.75, 3.05) is 24.5 Å². The lowest BCUT2D eigenvalue weighted by Crippen LogP contribution is -2.41. The van der Waals surface area contributed by atoms with Crippen molar-refractivity contribution in [1.29, 1.82) is 0 Å². The molecule has 2 heterocycles. The van der Waals surface area contributed by atoms with Crippen LogP contribution in [0.5, 0.6) is 0 Å². The number of pyridine rings is 1. The summed E-state index contributed by atoms with van der Waals surface area (Å²) in [6, 6.07) is 4.24. The van der Waals surface area contributed by atoms with E-state index in [-0.39, 0.29) is 0 Å². The van der Waals surface area contributed by atoms with Gasteiger partial charge >= 0.3 is 0 Å². The normalized spacial score (nSPS) is 18.6. The minimum Gasteiger partial charge on any atom is -0.356 e. The van der Waals surface area contributed by atoms with Crippen LogP contribution in [0.25, 0.3) is 0 Å². The van der Waals surface area contributed by atoms with Gasteiger partial charge in [-0.05, 0) is 37.3 Å². The van der Waals surface area contributed by atoms with Gasteiger partial charge in [0.2, 0.25) is 0 Å². The average Bonchev–Trinajstić information content (AvgIpc) is 2.38. The maximum atomic E-state index is 4.63. The number of piperidine rings is 1. The van der Waals surface area contributed by atoms with Crippen molar-refractivity contribution in [3.05, 3.63) is 23.9 Å². The molecule has 0 aliphatic carbocycles. The minimum absolute atomic E-state index is 0.407. The molecule has 2 rings (SSSR count). The van der Waals surface area contributed by atoms with E-state index >= 15 is 0 Å². The molecule has 0 amide bonds. The molecule has 19 heavy (non-hydrogen) atoms. The Morgan fingerprint density at radius 2 is 2.26 bits per heavy atom. The van der Waals surface area contributed by atoms with Gasteiger partial charge in [0.25, 0.3) is 0 Å². The SMILES string of the molecule is CCCNCc1cccnc1N1CCCC(C)(C)C1. The number of hydrogen-bond donors (Lipinski definition) is 1. The number of anilines is 1. The molecule has 106 valence electrons. The van der Waals surface area contributed by atoms with Crippen LogP contribution in [0.2, 0.25) is 0 Å². The van der Waals surface area contributed by atoms with Crippen LogP contribution < -0.4 is 10.2 Å². The van der Waals surface area contributed by atoms with Crippen LogP contribution in [0.4, 0.5) is 5.82 Å². The van der Waals surface area contributed by atoms with Crippen molar-refractivity contribution >= 4 is 5.82 Å². The molecule has 0 aromatic carbocycles. The van der Waals surface area contributed by atoms with Gasteiger partial charge in [-0.2, -0.15) is 0 Å². The molecule has 0 atom stereocenters. The highest BCUT2D eigenvalue weighted by Gasteiger charge is 2.27. The van der Waals surface area contributed by atoms with Crippen LogP contribution in [-0.2, 0) is 6.54 Å². The van der Waals surface area contributed by atoms with E-state index in [1.54, 1.807) is 0 Å². The van der Waals surface area contributed by atoms with E-state index in [4.69, 9.17) is 0 Å². The lowest BCUT2D eigenvalue weighted by Gasteiger charge is -2.39. The monoisotopic (exact) mass is 261 g/mol. The standard InChI is InChI=1S/C16H27N3/c1-4-9-17-12-14-7-5-10-18-15(14)19-11-6-8-16(2,3)13-19/h5,7,10,17H,4,6,8-9,11-13H2,1-3H3. The number of rotatable bonds is 5. The first-order chi connectivity index (χ1) is 9.12. The fourth-order valence-electron chi connectivity index (χ4n) is 2.86. The largest absolute Gasteiger partial charge is 0.356 e. The van der Waals surface area contributed by atoms with Crippen LogP contribution >= 0.6 is 0 Å². The van der Waals surface area contributed by atoms with Crippen molar-refractivity contribution < 1.29 is 0 Å². The van der Waals surface area contributed by atoms with Gasteiger partial charge in [0.05, 0.1) is 0 Å². The summed E-state index contributed by atoms with van der Waals surface area (Å²) in [7, 11) is 0. The average molecular weight is 261 g/mol. The topological polar surface area (TPSA) is 28.2 Å². The first-order valence-corrected chi connectivity index (χ1v) is 7.52. The molecule has 3 nitrogen and oxygen atoms in total. The maximum Gasteiger partial charge on any atom is 0.133 e. The van der Waals surface area contributed by atoms with E-state index in [0.29, 0.717) is 5.41 Å². The molecule has 1 aliphatic heterocycles. The van der Waals surface area contributed by atoms with Crippen LogP contribution in [0.1, 0.15) is 45.6 Å². The number of nitrogens with zero attached hydrogens (tertiary/aromatic N) is 2. The molecule has 1 N–H and O–H groups in total. The fraction of sp³-hybridized carbons (Fsp3) is 0.688. The quantitative estimate of drug-likeness (QED) is 0.825. The fourth-order valence-corrected chi connectivity index (χ4v) is 2.86. The lowest BCUT2D eigenvalue weighted by atomic mass is 9.84. The van der Waals surface area contributed by atoms with Gasteiger partial charge in [0, 0.05) is 31.4 Å². The van der Waals surface area contributed by atoms with E-state index in [9.17, 15) is 0 Å². The molecule has 1 saturated heterocycles. The molecule has 0 saturated carbocycles. The third-order valence-corrected chi connectivity index (χ3v) is 3.81. The Labute approximate surface area is 117 Å². The first kappa shape index (κ1) is 14.3. The summed E-state index contributed by atoms with van der Waals surface area (Å²) in [6.07, 6.45) is 5.68. The highest BCUT2D eigenvalue weighted by atomic mass is 15.2. The van der Waals surface area contributed by atoms with E-state index in [1.165, 1.54) is 30.6 Å². The predicted molar refractivity (Wildman–Crippen MR) is 81.5 cm³/mol. The van der Waals surface area contributed by atoms with E-state index < -0.39 is 0 Å². The second-order valence-corrected chi connectivity index (χ2v) is 6.35. The number of nitrogens with one attached hydrogen (secondary N) is 1. The molecule has 0 radical (unpaired) electrons. The van der Waals surface area contributed by atoms with Crippen LogP contribution in [0.15, 0.2) is 18.3 Å². The number of aromatic nitrogens is 1. The Bertz CT molecular complexity index is 401. The molecule has 0 bridgehead atoms. The Hall–Kier alpha value is -1.09. The van der Waals surface area contributed by atoms with Crippen LogP contribution in [0.3, 0.4) is 0 Å². The third kappa shape index (κ3) is 3.93. The summed E-state index contributed by atoms with van der Waals surface area (Å²) < 4.78 is 0. The zero-order chi connectivity index (χ0) is 13.7. The summed E-state index contributed by atoms with van der Waals surface area (Å²) in [5.41, 5.74) is 1.73. The molecular weight excluding hydrogens is 234 g/mol.